The zero-order valence-electron chi connectivity index (χ0n) is 19.9. The molecule has 0 saturated carbocycles. The molecule has 4 heterocycles. The second kappa shape index (κ2) is 10.6. The first-order valence-corrected chi connectivity index (χ1v) is 14.5. The predicted octanol–water partition coefficient (Wildman–Crippen LogP) is 2.72. The number of pyridine rings is 1. The average molecular weight is 528 g/mol. The number of morpholine rings is 1. The first-order valence-electron chi connectivity index (χ1n) is 11.9. The zero-order valence-corrected chi connectivity index (χ0v) is 21.5. The van der Waals surface area contributed by atoms with Crippen LogP contribution in [0.2, 0.25) is 0 Å². The summed E-state index contributed by atoms with van der Waals surface area (Å²) in [5.74, 6) is 0.513. The predicted molar refractivity (Wildman–Crippen MR) is 143 cm³/mol. The van der Waals surface area contributed by atoms with Gasteiger partial charge < -0.3 is 20.7 Å². The number of amides is 1. The van der Waals surface area contributed by atoms with Crippen molar-refractivity contribution in [1.82, 2.24) is 9.88 Å². The minimum Gasteiger partial charge on any atom is -0.379 e. The van der Waals surface area contributed by atoms with Crippen molar-refractivity contribution in [2.24, 2.45) is 5.73 Å². The van der Waals surface area contributed by atoms with Gasteiger partial charge in [0, 0.05) is 43.3 Å². The van der Waals surface area contributed by atoms with Gasteiger partial charge in [0.25, 0.3) is 5.91 Å². The number of benzene rings is 1. The van der Waals surface area contributed by atoms with Crippen molar-refractivity contribution < 1.29 is 17.9 Å². The van der Waals surface area contributed by atoms with Crippen molar-refractivity contribution in [3.8, 4) is 10.4 Å². The second-order valence-corrected chi connectivity index (χ2v) is 12.3. The third-order valence-corrected chi connectivity index (χ3v) is 9.11. The first-order chi connectivity index (χ1) is 17.4. The quantitative estimate of drug-likeness (QED) is 0.482. The third-order valence-electron chi connectivity index (χ3n) is 6.40. The zero-order chi connectivity index (χ0) is 25.1. The van der Waals surface area contributed by atoms with Crippen LogP contribution in [0.5, 0.6) is 0 Å². The number of nitrogens with zero attached hydrogens (tertiary/aromatic N) is 3. The number of ether oxygens (including phenoxy) is 1. The summed E-state index contributed by atoms with van der Waals surface area (Å²) in [5.41, 5.74) is 8.99. The van der Waals surface area contributed by atoms with Crippen molar-refractivity contribution in [2.45, 2.75) is 6.54 Å². The maximum Gasteiger partial charge on any atom is 0.251 e. The van der Waals surface area contributed by atoms with Gasteiger partial charge in [-0.25, -0.2) is 13.4 Å². The normalized spacial score (nSPS) is 18.2. The smallest absolute Gasteiger partial charge is 0.251 e. The molecule has 3 aromatic rings. The lowest BCUT2D eigenvalue weighted by atomic mass is 10.1. The van der Waals surface area contributed by atoms with E-state index in [0.29, 0.717) is 29.5 Å². The fourth-order valence-electron chi connectivity index (χ4n) is 4.36. The number of hydrogen-bond donors (Lipinski definition) is 2. The summed E-state index contributed by atoms with van der Waals surface area (Å²) < 4.78 is 28.8. The fraction of sp³-hybridized carbons (Fsp3) is 0.360. The molecule has 0 spiro atoms. The number of aromatic nitrogens is 1. The molecule has 0 unspecified atom stereocenters. The molecule has 5 rings (SSSR count). The highest BCUT2D eigenvalue weighted by molar-refractivity contribution is 7.91. The molecule has 2 aliphatic heterocycles. The molecule has 0 aliphatic carbocycles. The molecule has 190 valence electrons. The molecule has 2 fully saturated rings. The standard InChI is InChI=1S/C25H29N5O4S2/c26-24(31)21-16-22(18-4-6-20(7-5-18)30-10-14-36(32,33)15-11-30)35-25(21)28-23-3-1-2-19(27-23)17-29-8-12-34-13-9-29/h1-7,16H,8-15,17H2,(H2,26,31)(H,27,28). The molecule has 0 bridgehead atoms. The Bertz CT molecular complexity index is 1320. The average Bonchev–Trinajstić information content (AvgIpc) is 3.29. The topological polar surface area (TPSA) is 118 Å². The first kappa shape index (κ1) is 24.7. The summed E-state index contributed by atoms with van der Waals surface area (Å²) in [4.78, 5) is 22.2. The highest BCUT2D eigenvalue weighted by Gasteiger charge is 2.22. The number of primary amides is 1. The molecular formula is C25H29N5O4S2. The van der Waals surface area contributed by atoms with Crippen LogP contribution in [-0.4, -0.2) is 75.1 Å². The van der Waals surface area contributed by atoms with Gasteiger partial charge >= 0.3 is 0 Å². The molecule has 0 atom stereocenters. The van der Waals surface area contributed by atoms with Crippen LogP contribution in [-0.2, 0) is 21.1 Å². The van der Waals surface area contributed by atoms with Crippen molar-refractivity contribution in [3.05, 3.63) is 59.8 Å². The summed E-state index contributed by atoms with van der Waals surface area (Å²) in [6.07, 6.45) is 0. The SMILES string of the molecule is NC(=O)c1cc(-c2ccc(N3CCS(=O)(=O)CC3)cc2)sc1Nc1cccc(CN2CCOCC2)n1. The molecule has 11 heteroatoms. The van der Waals surface area contributed by atoms with Gasteiger partial charge in [-0.05, 0) is 35.9 Å². The fourth-order valence-corrected chi connectivity index (χ4v) is 6.64. The molecule has 3 N–H and O–H groups in total. The number of carbonyl (C=O) groups excluding carboxylic acids is 1. The van der Waals surface area contributed by atoms with Crippen LogP contribution >= 0.6 is 11.3 Å². The Balaban J connectivity index is 1.32. The van der Waals surface area contributed by atoms with Gasteiger partial charge in [-0.3, -0.25) is 9.69 Å². The van der Waals surface area contributed by atoms with Gasteiger partial charge in [-0.2, -0.15) is 0 Å². The Labute approximate surface area is 214 Å². The van der Waals surface area contributed by atoms with E-state index in [-0.39, 0.29) is 11.5 Å². The Kier molecular flexibility index (Phi) is 7.24. The van der Waals surface area contributed by atoms with Crippen LogP contribution in [0.3, 0.4) is 0 Å². The summed E-state index contributed by atoms with van der Waals surface area (Å²) in [5, 5.41) is 3.94. The highest BCUT2D eigenvalue weighted by atomic mass is 32.2. The van der Waals surface area contributed by atoms with Crippen LogP contribution in [0.4, 0.5) is 16.5 Å². The number of hydrogen-bond acceptors (Lipinski definition) is 9. The molecule has 9 nitrogen and oxygen atoms in total. The minimum absolute atomic E-state index is 0.179. The summed E-state index contributed by atoms with van der Waals surface area (Å²) in [6, 6.07) is 15.6. The van der Waals surface area contributed by atoms with E-state index in [4.69, 9.17) is 15.5 Å². The molecule has 2 saturated heterocycles. The number of carbonyl (C=O) groups is 1. The number of thiophene rings is 1. The Morgan fingerprint density at radius 1 is 1.06 bits per heavy atom. The van der Waals surface area contributed by atoms with E-state index < -0.39 is 15.7 Å². The van der Waals surface area contributed by atoms with Gasteiger partial charge in [0.05, 0.1) is 36.0 Å². The van der Waals surface area contributed by atoms with Gasteiger partial charge in [-0.15, -0.1) is 11.3 Å². The lowest BCUT2D eigenvalue weighted by molar-refractivity contribution is 0.0337. The van der Waals surface area contributed by atoms with E-state index in [1.54, 1.807) is 6.07 Å². The highest BCUT2D eigenvalue weighted by Crippen LogP contribution is 2.37. The lowest BCUT2D eigenvalue weighted by Crippen LogP contribution is -2.40. The molecular weight excluding hydrogens is 498 g/mol. The van der Waals surface area contributed by atoms with Crippen LogP contribution < -0.4 is 16.0 Å². The molecule has 2 aromatic heterocycles. The van der Waals surface area contributed by atoms with Crippen LogP contribution in [0, 0.1) is 0 Å². The second-order valence-electron chi connectivity index (χ2n) is 8.93. The summed E-state index contributed by atoms with van der Waals surface area (Å²) in [7, 11) is -2.92. The van der Waals surface area contributed by atoms with E-state index in [1.807, 2.05) is 42.5 Å². The largest absolute Gasteiger partial charge is 0.379 e. The van der Waals surface area contributed by atoms with Crippen LogP contribution in [0.15, 0.2) is 48.5 Å². The Hall–Kier alpha value is -2.99. The molecule has 0 radical (unpaired) electrons. The third kappa shape index (κ3) is 5.86. The van der Waals surface area contributed by atoms with E-state index in [1.165, 1.54) is 11.3 Å². The monoisotopic (exact) mass is 527 g/mol. The van der Waals surface area contributed by atoms with Crippen LogP contribution in [0.25, 0.3) is 10.4 Å². The molecule has 1 amide bonds. The number of anilines is 3. The van der Waals surface area contributed by atoms with Crippen molar-refractivity contribution in [3.63, 3.8) is 0 Å². The Morgan fingerprint density at radius 3 is 2.47 bits per heavy atom. The molecule has 2 aliphatic rings. The van der Waals surface area contributed by atoms with Gasteiger partial charge in [0.1, 0.15) is 10.8 Å². The molecule has 36 heavy (non-hydrogen) atoms. The van der Waals surface area contributed by atoms with E-state index in [2.05, 4.69) is 15.1 Å². The van der Waals surface area contributed by atoms with E-state index in [9.17, 15) is 13.2 Å². The van der Waals surface area contributed by atoms with Gasteiger partial charge in [0.2, 0.25) is 0 Å². The Morgan fingerprint density at radius 2 is 1.78 bits per heavy atom. The van der Waals surface area contributed by atoms with Gasteiger partial charge in [0.15, 0.2) is 9.84 Å². The van der Waals surface area contributed by atoms with Crippen molar-refractivity contribution in [2.75, 3.05) is 61.1 Å². The minimum atomic E-state index is -2.92. The maximum absolute atomic E-state index is 12.2. The molecule has 1 aromatic carbocycles. The van der Waals surface area contributed by atoms with Crippen molar-refractivity contribution >= 4 is 43.6 Å². The number of sulfone groups is 1. The summed E-state index contributed by atoms with van der Waals surface area (Å²) in [6.45, 7) is 4.98. The number of nitrogens with two attached hydrogens (primary N) is 1. The maximum atomic E-state index is 12.2. The number of nitrogens with one attached hydrogen (secondary N) is 1. The van der Waals surface area contributed by atoms with E-state index in [0.717, 1.165) is 54.7 Å². The van der Waals surface area contributed by atoms with E-state index >= 15 is 0 Å². The summed E-state index contributed by atoms with van der Waals surface area (Å²) >= 11 is 1.45. The van der Waals surface area contributed by atoms with Crippen molar-refractivity contribution in [1.29, 1.82) is 0 Å². The van der Waals surface area contributed by atoms with Crippen LogP contribution in [0.1, 0.15) is 16.1 Å². The number of rotatable bonds is 7. The van der Waals surface area contributed by atoms with Gasteiger partial charge in [-0.1, -0.05) is 18.2 Å². The lowest BCUT2D eigenvalue weighted by Gasteiger charge is -2.28.